The predicted octanol–water partition coefficient (Wildman–Crippen LogP) is 3.54. The molecule has 1 aromatic carbocycles. The molecule has 1 aliphatic carbocycles. The summed E-state index contributed by atoms with van der Waals surface area (Å²) in [5, 5.41) is 7.09. The molecule has 11 heteroatoms. The van der Waals surface area contributed by atoms with Crippen molar-refractivity contribution >= 4 is 34.1 Å². The maximum atomic E-state index is 15.4. The van der Waals surface area contributed by atoms with Crippen molar-refractivity contribution < 1.29 is 23.4 Å². The molecular weight excluding hydrogens is 491 g/mol. The number of fused-ring (bicyclic) bond motifs is 2. The number of nitrogens with one attached hydrogen (secondary N) is 2. The van der Waals surface area contributed by atoms with E-state index < -0.39 is 11.9 Å². The highest BCUT2D eigenvalue weighted by atomic mass is 19.1. The predicted molar refractivity (Wildman–Crippen MR) is 140 cm³/mol. The summed E-state index contributed by atoms with van der Waals surface area (Å²) in [4.78, 5) is 23.6. The molecule has 0 atom stereocenters. The monoisotopic (exact) mass is 520 g/mol. The van der Waals surface area contributed by atoms with Crippen LogP contribution in [0.15, 0.2) is 24.5 Å². The van der Waals surface area contributed by atoms with Gasteiger partial charge in [-0.3, -0.25) is 10.2 Å². The van der Waals surface area contributed by atoms with Crippen molar-refractivity contribution in [2.75, 3.05) is 55.8 Å². The number of carbonyl (C=O) groups is 1. The zero-order valence-electron chi connectivity index (χ0n) is 21.1. The molecule has 1 saturated carbocycles. The zero-order valence-corrected chi connectivity index (χ0v) is 21.1. The van der Waals surface area contributed by atoms with Gasteiger partial charge in [0.25, 0.3) is 0 Å². The number of nitrogen functional groups attached to an aromatic ring is 1. The Morgan fingerprint density at radius 2 is 2.05 bits per heavy atom. The van der Waals surface area contributed by atoms with Gasteiger partial charge in [0, 0.05) is 54.0 Å². The fourth-order valence-electron chi connectivity index (χ4n) is 6.10. The maximum Gasteiger partial charge on any atom is 0.413 e. The second-order valence-corrected chi connectivity index (χ2v) is 10.9. The van der Waals surface area contributed by atoms with Crippen LogP contribution in [-0.2, 0) is 9.47 Å². The molecule has 10 nitrogen and oxygen atoms in total. The number of likely N-dealkylation sites (tertiary alicyclic amines) is 1. The minimum Gasteiger partial charge on any atom is -0.474 e. The van der Waals surface area contributed by atoms with Crippen LogP contribution in [0.2, 0.25) is 0 Å². The van der Waals surface area contributed by atoms with Crippen LogP contribution in [-0.4, -0.2) is 72.6 Å². The molecule has 38 heavy (non-hydrogen) atoms. The Labute approximate surface area is 218 Å². The van der Waals surface area contributed by atoms with Crippen LogP contribution >= 0.6 is 0 Å². The third kappa shape index (κ3) is 3.80. The summed E-state index contributed by atoms with van der Waals surface area (Å²) in [5.74, 6) is 0.267. The molecule has 3 aromatic rings. The van der Waals surface area contributed by atoms with Crippen LogP contribution < -0.4 is 21.1 Å². The third-order valence-electron chi connectivity index (χ3n) is 8.27. The number of nitrogens with zero attached hydrogens (tertiary/aromatic N) is 3. The van der Waals surface area contributed by atoms with Gasteiger partial charge >= 0.3 is 6.09 Å². The average Bonchev–Trinajstić information content (AvgIpc) is 2.83. The lowest BCUT2D eigenvalue weighted by molar-refractivity contribution is -0.181. The Balaban J connectivity index is 1.06. The summed E-state index contributed by atoms with van der Waals surface area (Å²) >= 11 is 0. The number of hydrogen-bond donors (Lipinski definition) is 3. The molecule has 1 spiro atoms. The Kier molecular flexibility index (Phi) is 5.34. The van der Waals surface area contributed by atoms with Crippen molar-refractivity contribution in [3.63, 3.8) is 0 Å². The van der Waals surface area contributed by atoms with Gasteiger partial charge < -0.3 is 25.3 Å². The van der Waals surface area contributed by atoms with E-state index >= 15 is 4.39 Å². The Hall–Kier alpha value is -3.70. The highest BCUT2D eigenvalue weighted by molar-refractivity contribution is 5.99. The van der Waals surface area contributed by atoms with E-state index in [4.69, 9.17) is 19.9 Å². The van der Waals surface area contributed by atoms with E-state index in [2.05, 4.69) is 25.5 Å². The summed E-state index contributed by atoms with van der Waals surface area (Å²) in [7, 11) is 0. The van der Waals surface area contributed by atoms with E-state index in [1.165, 1.54) is 6.20 Å². The normalized spacial score (nSPS) is 20.5. The molecule has 3 fully saturated rings. The molecule has 4 aliphatic rings. The molecule has 1 amide bonds. The number of anilines is 3. The molecule has 0 unspecified atom stereocenters. The van der Waals surface area contributed by atoms with Crippen molar-refractivity contribution in [1.82, 2.24) is 14.9 Å². The third-order valence-corrected chi connectivity index (χ3v) is 8.27. The van der Waals surface area contributed by atoms with E-state index in [1.807, 2.05) is 6.92 Å². The fourth-order valence-corrected chi connectivity index (χ4v) is 6.10. The number of hydrogen-bond acceptors (Lipinski definition) is 9. The first-order valence-electron chi connectivity index (χ1n) is 12.9. The Morgan fingerprint density at radius 3 is 2.82 bits per heavy atom. The van der Waals surface area contributed by atoms with E-state index in [1.54, 1.807) is 18.3 Å². The van der Waals surface area contributed by atoms with Gasteiger partial charge in [0.05, 0.1) is 24.9 Å². The van der Waals surface area contributed by atoms with E-state index in [0.717, 1.165) is 50.4 Å². The molecule has 2 saturated heterocycles. The maximum absolute atomic E-state index is 15.4. The second-order valence-electron chi connectivity index (χ2n) is 10.9. The van der Waals surface area contributed by atoms with E-state index in [9.17, 15) is 4.79 Å². The molecular formula is C27H29FN6O4. The minimum atomic E-state index is -0.545. The first-order chi connectivity index (χ1) is 18.4. The second kappa shape index (κ2) is 8.67. The first kappa shape index (κ1) is 23.4. The van der Waals surface area contributed by atoms with Gasteiger partial charge in [-0.1, -0.05) is 0 Å². The van der Waals surface area contributed by atoms with Crippen molar-refractivity contribution in [3.8, 4) is 17.0 Å². The number of halogens is 1. The van der Waals surface area contributed by atoms with Crippen molar-refractivity contribution in [1.29, 1.82) is 0 Å². The Bertz CT molecular complexity index is 1450. The summed E-state index contributed by atoms with van der Waals surface area (Å²) in [6, 6.07) is 3.93. The minimum absolute atomic E-state index is 0.0109. The van der Waals surface area contributed by atoms with Gasteiger partial charge in [0.15, 0.2) is 5.82 Å². The van der Waals surface area contributed by atoms with Crippen LogP contribution in [0.1, 0.15) is 18.4 Å². The van der Waals surface area contributed by atoms with E-state index in [0.29, 0.717) is 52.8 Å². The van der Waals surface area contributed by atoms with Crippen LogP contribution in [0.3, 0.4) is 0 Å². The number of aromatic nitrogens is 2. The molecule has 2 aromatic heterocycles. The summed E-state index contributed by atoms with van der Waals surface area (Å²) in [6.07, 6.45) is 4.17. The number of benzene rings is 1. The molecule has 0 radical (unpaired) electrons. The summed E-state index contributed by atoms with van der Waals surface area (Å²) in [5.41, 5.74) is 8.93. The van der Waals surface area contributed by atoms with Gasteiger partial charge in [0.2, 0.25) is 5.88 Å². The van der Waals surface area contributed by atoms with Crippen LogP contribution in [0.25, 0.3) is 21.9 Å². The lowest BCUT2D eigenvalue weighted by Gasteiger charge is -2.61. The van der Waals surface area contributed by atoms with Crippen LogP contribution in [0.5, 0.6) is 5.88 Å². The van der Waals surface area contributed by atoms with Crippen molar-refractivity contribution in [3.05, 3.63) is 35.9 Å². The molecule has 4 N–H and O–H groups in total. The first-order valence-corrected chi connectivity index (χ1v) is 12.9. The van der Waals surface area contributed by atoms with Crippen LogP contribution in [0.4, 0.5) is 26.4 Å². The molecule has 5 heterocycles. The summed E-state index contributed by atoms with van der Waals surface area (Å²) in [6.45, 7) is 6.82. The fraction of sp³-hybridized carbons (Fsp3) is 0.444. The topological polar surface area (TPSA) is 124 Å². The highest BCUT2D eigenvalue weighted by Gasteiger charge is 2.55. The summed E-state index contributed by atoms with van der Waals surface area (Å²) < 4.78 is 31.9. The standard InChI is InChI=1S/C27H29FN6O4/c1-14-19(8-32-25-24(14)30-2-3-37-25)18-4-15-5-21(31-9-20(15)23(29)22(18)28)33-26(35)38-17-6-27(7-17)12-34(13-27)16-10-36-11-16/h4-5,8-9,16-17,30H,2-3,6-7,10-13,29H2,1H3,(H,31,33,35). The molecule has 7 rings (SSSR count). The average molecular weight is 521 g/mol. The molecule has 3 aliphatic heterocycles. The zero-order chi connectivity index (χ0) is 26.0. The largest absolute Gasteiger partial charge is 0.474 e. The highest BCUT2D eigenvalue weighted by Crippen LogP contribution is 2.50. The Morgan fingerprint density at radius 1 is 1.24 bits per heavy atom. The van der Waals surface area contributed by atoms with Gasteiger partial charge in [-0.05, 0) is 42.8 Å². The van der Waals surface area contributed by atoms with E-state index in [-0.39, 0.29) is 17.2 Å². The SMILES string of the molecule is Cc1c(-c2cc3cc(NC(=O)OC4CC5(C4)CN(C4COC4)C5)ncc3c(N)c2F)cnc2c1NCCO2. The molecule has 0 bridgehead atoms. The van der Waals surface area contributed by atoms with Crippen molar-refractivity contribution in [2.45, 2.75) is 31.9 Å². The van der Waals surface area contributed by atoms with Crippen LogP contribution in [0, 0.1) is 18.2 Å². The van der Waals surface area contributed by atoms with Gasteiger partial charge in [-0.15, -0.1) is 0 Å². The van der Waals surface area contributed by atoms with Gasteiger partial charge in [-0.25, -0.2) is 19.2 Å². The number of amides is 1. The number of nitrogens with two attached hydrogens (primary N) is 1. The lowest BCUT2D eigenvalue weighted by atomic mass is 9.61. The quantitative estimate of drug-likeness (QED) is 0.443. The molecule has 198 valence electrons. The lowest BCUT2D eigenvalue weighted by Crippen LogP contribution is -2.69. The van der Waals surface area contributed by atoms with Gasteiger partial charge in [0.1, 0.15) is 24.2 Å². The number of ether oxygens (including phenoxy) is 3. The number of pyridine rings is 2. The number of rotatable bonds is 4. The number of carbonyl (C=O) groups excluding carboxylic acids is 1. The smallest absolute Gasteiger partial charge is 0.413 e. The van der Waals surface area contributed by atoms with Crippen molar-refractivity contribution in [2.24, 2.45) is 5.41 Å². The van der Waals surface area contributed by atoms with Gasteiger partial charge in [-0.2, -0.15) is 0 Å².